The van der Waals surface area contributed by atoms with Crippen molar-refractivity contribution in [3.8, 4) is 11.5 Å². The molecule has 206 valence electrons. The van der Waals surface area contributed by atoms with Gasteiger partial charge in [0.05, 0.1) is 23.7 Å². The van der Waals surface area contributed by atoms with E-state index >= 15 is 0 Å². The summed E-state index contributed by atoms with van der Waals surface area (Å²) >= 11 is 0. The smallest absolute Gasteiger partial charge is 0.420 e. The van der Waals surface area contributed by atoms with Crippen LogP contribution in [0.5, 0.6) is 11.5 Å². The van der Waals surface area contributed by atoms with E-state index in [-0.39, 0.29) is 49.0 Å². The van der Waals surface area contributed by atoms with Crippen LogP contribution in [-0.2, 0) is 17.1 Å². The number of morpholine rings is 1. The van der Waals surface area contributed by atoms with E-state index in [0.29, 0.717) is 6.07 Å². The Kier molecular flexibility index (Phi) is 7.67. The molecule has 0 spiro atoms. The summed E-state index contributed by atoms with van der Waals surface area (Å²) in [5, 5.41) is 13.2. The molecule has 1 saturated heterocycles. The number of non-ortho nitro benzene ring substituents is 1. The Morgan fingerprint density at radius 1 is 0.923 bits per heavy atom. The lowest BCUT2D eigenvalue weighted by Gasteiger charge is -2.31. The highest BCUT2D eigenvalue weighted by Gasteiger charge is 2.37. The quantitative estimate of drug-likeness (QED) is 0.212. The number of hydrogen-bond acceptors (Lipinski definition) is 6. The van der Waals surface area contributed by atoms with E-state index in [2.05, 4.69) is 5.32 Å². The van der Waals surface area contributed by atoms with Crippen molar-refractivity contribution in [2.45, 2.75) is 12.4 Å². The molecule has 39 heavy (non-hydrogen) atoms. The van der Waals surface area contributed by atoms with Gasteiger partial charge >= 0.3 is 12.4 Å². The SMILES string of the molecule is O=C(Nc1ccc(N2CCOCC2)c(C(F)(F)F)c1)c1cccc(Oc2ccc([N+](=O)[O-])cc2C(F)(F)F)c1. The number of nitrogens with zero attached hydrogens (tertiary/aromatic N) is 2. The lowest BCUT2D eigenvalue weighted by atomic mass is 10.1. The van der Waals surface area contributed by atoms with Gasteiger partial charge in [0.25, 0.3) is 11.6 Å². The molecular weight excluding hydrogens is 536 g/mol. The van der Waals surface area contributed by atoms with Gasteiger partial charge in [-0.3, -0.25) is 14.9 Å². The van der Waals surface area contributed by atoms with Crippen LogP contribution in [0.15, 0.2) is 60.7 Å². The van der Waals surface area contributed by atoms with Gasteiger partial charge in [-0.05, 0) is 42.5 Å². The van der Waals surface area contributed by atoms with Crippen LogP contribution in [-0.4, -0.2) is 37.1 Å². The fourth-order valence-electron chi connectivity index (χ4n) is 3.89. The van der Waals surface area contributed by atoms with Gasteiger partial charge < -0.3 is 19.7 Å². The number of nitro benzene ring substituents is 1. The van der Waals surface area contributed by atoms with Crippen molar-refractivity contribution in [2.24, 2.45) is 0 Å². The van der Waals surface area contributed by atoms with Gasteiger partial charge in [0, 0.05) is 42.2 Å². The summed E-state index contributed by atoms with van der Waals surface area (Å²) in [6.07, 6.45) is -9.68. The van der Waals surface area contributed by atoms with E-state index in [9.17, 15) is 41.3 Å². The summed E-state index contributed by atoms with van der Waals surface area (Å²) in [6, 6.07) is 10.2. The molecule has 0 saturated carbocycles. The molecule has 1 heterocycles. The first-order chi connectivity index (χ1) is 18.3. The highest BCUT2D eigenvalue weighted by Crippen LogP contribution is 2.41. The Balaban J connectivity index is 1.57. The van der Waals surface area contributed by atoms with Crippen LogP contribution < -0.4 is 15.0 Å². The monoisotopic (exact) mass is 555 g/mol. The minimum atomic E-state index is -4.97. The highest BCUT2D eigenvalue weighted by atomic mass is 19.4. The molecule has 1 N–H and O–H groups in total. The topological polar surface area (TPSA) is 93.9 Å². The van der Waals surface area contributed by atoms with Crippen LogP contribution in [0.3, 0.4) is 0 Å². The molecule has 3 aromatic rings. The predicted octanol–water partition coefficient (Wildman–Crippen LogP) is 6.51. The molecule has 14 heteroatoms. The first-order valence-corrected chi connectivity index (χ1v) is 11.3. The zero-order valence-electron chi connectivity index (χ0n) is 19.8. The molecule has 0 radical (unpaired) electrons. The molecule has 3 aromatic carbocycles. The van der Waals surface area contributed by atoms with Gasteiger partial charge in [0.2, 0.25) is 0 Å². The Bertz CT molecular complexity index is 1390. The molecule has 0 aliphatic carbocycles. The fraction of sp³-hybridized carbons (Fsp3) is 0.240. The maximum Gasteiger partial charge on any atom is 0.420 e. The molecule has 1 fully saturated rings. The second kappa shape index (κ2) is 10.8. The molecule has 8 nitrogen and oxygen atoms in total. The summed E-state index contributed by atoms with van der Waals surface area (Å²) < 4.78 is 92.2. The van der Waals surface area contributed by atoms with Crippen molar-refractivity contribution in [1.29, 1.82) is 0 Å². The number of benzene rings is 3. The van der Waals surface area contributed by atoms with E-state index in [1.165, 1.54) is 35.2 Å². The number of ether oxygens (including phenoxy) is 2. The van der Waals surface area contributed by atoms with Crippen molar-refractivity contribution in [3.63, 3.8) is 0 Å². The maximum atomic E-state index is 13.8. The zero-order chi connectivity index (χ0) is 28.4. The molecule has 0 aromatic heterocycles. The number of halogens is 6. The summed E-state index contributed by atoms with van der Waals surface area (Å²) in [6.45, 7) is 1.09. The number of alkyl halides is 6. The van der Waals surface area contributed by atoms with E-state index in [4.69, 9.17) is 9.47 Å². The number of rotatable bonds is 6. The van der Waals surface area contributed by atoms with Gasteiger partial charge in [-0.2, -0.15) is 26.3 Å². The minimum Gasteiger partial charge on any atom is -0.457 e. The van der Waals surface area contributed by atoms with Crippen molar-refractivity contribution >= 4 is 23.0 Å². The van der Waals surface area contributed by atoms with Crippen LogP contribution in [0.25, 0.3) is 0 Å². The van der Waals surface area contributed by atoms with Crippen molar-refractivity contribution in [2.75, 3.05) is 36.5 Å². The second-order valence-electron chi connectivity index (χ2n) is 8.35. The second-order valence-corrected chi connectivity index (χ2v) is 8.35. The average Bonchev–Trinajstić information content (AvgIpc) is 2.88. The van der Waals surface area contributed by atoms with Crippen molar-refractivity contribution < 1.29 is 45.5 Å². The third-order valence-electron chi connectivity index (χ3n) is 5.71. The van der Waals surface area contributed by atoms with Crippen molar-refractivity contribution in [3.05, 3.63) is 87.5 Å². The van der Waals surface area contributed by atoms with Gasteiger partial charge in [-0.15, -0.1) is 0 Å². The Morgan fingerprint density at radius 2 is 1.62 bits per heavy atom. The molecule has 1 aliphatic heterocycles. The Morgan fingerprint density at radius 3 is 2.26 bits per heavy atom. The maximum absolute atomic E-state index is 13.8. The zero-order valence-corrected chi connectivity index (χ0v) is 19.8. The van der Waals surface area contributed by atoms with Crippen LogP contribution in [0.4, 0.5) is 43.4 Å². The Labute approximate surface area is 216 Å². The largest absolute Gasteiger partial charge is 0.457 e. The molecule has 0 bridgehead atoms. The summed E-state index contributed by atoms with van der Waals surface area (Å²) in [5.74, 6) is -1.78. The third kappa shape index (κ3) is 6.57. The number of amides is 1. The van der Waals surface area contributed by atoms with Crippen molar-refractivity contribution in [1.82, 2.24) is 0 Å². The lowest BCUT2D eigenvalue weighted by Crippen LogP contribution is -2.37. The van der Waals surface area contributed by atoms with E-state index < -0.39 is 45.7 Å². The molecule has 0 unspecified atom stereocenters. The average molecular weight is 555 g/mol. The molecule has 1 aliphatic rings. The minimum absolute atomic E-state index is 0.0530. The van der Waals surface area contributed by atoms with Gasteiger partial charge in [-0.1, -0.05) is 6.07 Å². The molecule has 0 atom stereocenters. The number of nitro groups is 1. The molecule has 1 amide bonds. The fourth-order valence-corrected chi connectivity index (χ4v) is 3.89. The number of nitrogens with one attached hydrogen (secondary N) is 1. The number of hydrogen-bond donors (Lipinski definition) is 1. The van der Waals surface area contributed by atoms with Gasteiger partial charge in [0.15, 0.2) is 0 Å². The van der Waals surface area contributed by atoms with Crippen LogP contribution >= 0.6 is 0 Å². The first kappa shape index (κ1) is 27.7. The van der Waals surface area contributed by atoms with E-state index in [1.54, 1.807) is 0 Å². The molecule has 4 rings (SSSR count). The Hall–Kier alpha value is -4.33. The summed E-state index contributed by atoms with van der Waals surface area (Å²) in [7, 11) is 0. The normalized spacial score (nSPS) is 14.2. The first-order valence-electron chi connectivity index (χ1n) is 11.3. The van der Waals surface area contributed by atoms with E-state index in [1.807, 2.05) is 0 Å². The third-order valence-corrected chi connectivity index (χ3v) is 5.71. The predicted molar refractivity (Wildman–Crippen MR) is 127 cm³/mol. The van der Waals surface area contributed by atoms with Crippen LogP contribution in [0.1, 0.15) is 21.5 Å². The number of anilines is 2. The van der Waals surface area contributed by atoms with Crippen LogP contribution in [0, 0.1) is 10.1 Å². The van der Waals surface area contributed by atoms with Crippen LogP contribution in [0.2, 0.25) is 0 Å². The number of carbonyl (C=O) groups excluding carboxylic acids is 1. The highest BCUT2D eigenvalue weighted by molar-refractivity contribution is 6.04. The van der Waals surface area contributed by atoms with Gasteiger partial charge in [-0.25, -0.2) is 0 Å². The van der Waals surface area contributed by atoms with E-state index in [0.717, 1.165) is 24.3 Å². The number of carbonyl (C=O) groups is 1. The lowest BCUT2D eigenvalue weighted by molar-refractivity contribution is -0.385. The van der Waals surface area contributed by atoms with Gasteiger partial charge in [0.1, 0.15) is 17.1 Å². The standard InChI is InChI=1S/C25H19F6N3O5/c26-24(27,28)19-13-16(4-6-21(19)33-8-10-38-11-9-33)32-23(35)15-2-1-3-18(12-15)39-22-7-5-17(34(36)37)14-20(22)25(29,30)31/h1-7,12-14H,8-11H2,(H,32,35). The molecular formula is C25H19F6N3O5. The summed E-state index contributed by atoms with van der Waals surface area (Å²) in [5.41, 5.74) is -3.45. The summed E-state index contributed by atoms with van der Waals surface area (Å²) in [4.78, 5) is 24.2.